The summed E-state index contributed by atoms with van der Waals surface area (Å²) in [7, 11) is 2.16. The zero-order valence-electron chi connectivity index (χ0n) is 28.4. The number of nitrogens with one attached hydrogen (secondary N) is 2. The van der Waals surface area contributed by atoms with E-state index in [1.807, 2.05) is 19.2 Å². The van der Waals surface area contributed by atoms with Gasteiger partial charge < -0.3 is 15.1 Å². The number of anilines is 2. The Morgan fingerprint density at radius 3 is 2.56 bits per heavy atom. The number of amides is 4. The van der Waals surface area contributed by atoms with Gasteiger partial charge in [0.2, 0.25) is 11.8 Å². The van der Waals surface area contributed by atoms with Gasteiger partial charge in [0.1, 0.15) is 11.6 Å². The minimum atomic E-state index is -0.965. The molecule has 2 aromatic carbocycles. The van der Waals surface area contributed by atoms with Gasteiger partial charge in [-0.1, -0.05) is 6.07 Å². The van der Waals surface area contributed by atoms with Crippen LogP contribution in [0, 0.1) is 12.8 Å². The summed E-state index contributed by atoms with van der Waals surface area (Å²) < 4.78 is 2.10. The van der Waals surface area contributed by atoms with E-state index < -0.39 is 23.8 Å². The van der Waals surface area contributed by atoms with E-state index in [0.29, 0.717) is 12.0 Å². The SMILES string of the molecule is Cc1nn(C2CC(CCCNc3ccc4c(c3)C(=O)N(C3CCC(=O)NC3=O)C4=O)C2)cc1-c1cnc2c(N3CCN(C)CC3)cccc2n1. The number of rotatable bonds is 9. The molecule has 13 nitrogen and oxygen atoms in total. The first-order valence-corrected chi connectivity index (χ1v) is 17.6. The number of imide groups is 2. The molecule has 1 unspecified atom stereocenters. The molecule has 2 saturated heterocycles. The lowest BCUT2D eigenvalue weighted by Crippen LogP contribution is -2.54. The third-order valence-corrected chi connectivity index (χ3v) is 10.7. The average Bonchev–Trinajstić information content (AvgIpc) is 3.59. The quantitative estimate of drug-likeness (QED) is 0.199. The molecule has 0 radical (unpaired) electrons. The molecule has 4 amide bonds. The molecule has 2 aromatic heterocycles. The van der Waals surface area contributed by atoms with Gasteiger partial charge >= 0.3 is 0 Å². The molecule has 1 saturated carbocycles. The van der Waals surface area contributed by atoms with Crippen LogP contribution in [0.3, 0.4) is 0 Å². The fourth-order valence-electron chi connectivity index (χ4n) is 7.74. The van der Waals surface area contributed by atoms with Crippen molar-refractivity contribution in [2.24, 2.45) is 5.92 Å². The molecule has 258 valence electrons. The number of benzene rings is 2. The molecule has 3 aliphatic heterocycles. The van der Waals surface area contributed by atoms with E-state index in [0.717, 1.165) is 103 Å². The number of aromatic nitrogens is 4. The van der Waals surface area contributed by atoms with Crippen LogP contribution in [0.15, 0.2) is 48.8 Å². The van der Waals surface area contributed by atoms with Crippen LogP contribution in [-0.2, 0) is 9.59 Å². The number of fused-ring (bicyclic) bond motifs is 2. The Bertz CT molecular complexity index is 2010. The van der Waals surface area contributed by atoms with Crippen molar-refractivity contribution in [1.29, 1.82) is 0 Å². The van der Waals surface area contributed by atoms with Gasteiger partial charge in [-0.25, -0.2) is 4.98 Å². The summed E-state index contributed by atoms with van der Waals surface area (Å²) in [5.41, 5.74) is 7.14. The minimum Gasteiger partial charge on any atom is -0.385 e. The highest BCUT2D eigenvalue weighted by Crippen LogP contribution is 2.41. The van der Waals surface area contributed by atoms with Gasteiger partial charge in [0, 0.05) is 56.6 Å². The Hall–Kier alpha value is -5.17. The summed E-state index contributed by atoms with van der Waals surface area (Å²) in [6.07, 6.45) is 8.44. The second-order valence-corrected chi connectivity index (χ2v) is 14.1. The number of carbonyl (C=O) groups excluding carboxylic acids is 4. The molecular weight excluding hydrogens is 634 g/mol. The van der Waals surface area contributed by atoms with Gasteiger partial charge in [0.25, 0.3) is 11.8 Å². The summed E-state index contributed by atoms with van der Waals surface area (Å²) in [5.74, 6) is -1.37. The summed E-state index contributed by atoms with van der Waals surface area (Å²) in [4.78, 5) is 65.6. The normalized spacial score (nSPS) is 22.6. The predicted molar refractivity (Wildman–Crippen MR) is 188 cm³/mol. The van der Waals surface area contributed by atoms with Crippen LogP contribution in [0.25, 0.3) is 22.3 Å². The molecule has 50 heavy (non-hydrogen) atoms. The molecule has 0 spiro atoms. The maximum atomic E-state index is 13.1. The maximum Gasteiger partial charge on any atom is 0.262 e. The van der Waals surface area contributed by atoms with E-state index in [9.17, 15) is 19.2 Å². The lowest BCUT2D eigenvalue weighted by Gasteiger charge is -2.35. The third kappa shape index (κ3) is 5.89. The van der Waals surface area contributed by atoms with E-state index in [-0.39, 0.29) is 29.9 Å². The number of piperazine rings is 1. The fraction of sp³-hybridized carbons (Fsp3) is 0.432. The molecule has 1 atom stereocenters. The van der Waals surface area contributed by atoms with Crippen LogP contribution in [0.2, 0.25) is 0 Å². The molecule has 13 heteroatoms. The molecular formula is C37H41N9O4. The largest absolute Gasteiger partial charge is 0.385 e. The van der Waals surface area contributed by atoms with Crippen molar-refractivity contribution >= 4 is 46.0 Å². The number of para-hydroxylation sites is 1. The summed E-state index contributed by atoms with van der Waals surface area (Å²) in [6.45, 7) is 6.82. The van der Waals surface area contributed by atoms with E-state index in [1.54, 1.807) is 18.2 Å². The highest BCUT2D eigenvalue weighted by Gasteiger charge is 2.44. The van der Waals surface area contributed by atoms with Crippen molar-refractivity contribution in [3.05, 3.63) is 65.6 Å². The van der Waals surface area contributed by atoms with Gasteiger partial charge in [0.15, 0.2) is 0 Å². The monoisotopic (exact) mass is 675 g/mol. The lowest BCUT2D eigenvalue weighted by molar-refractivity contribution is -0.136. The first-order valence-electron chi connectivity index (χ1n) is 17.6. The van der Waals surface area contributed by atoms with Gasteiger partial charge in [-0.2, -0.15) is 5.10 Å². The van der Waals surface area contributed by atoms with Crippen LogP contribution in [0.4, 0.5) is 11.4 Å². The number of nitrogens with zero attached hydrogens (tertiary/aromatic N) is 7. The first-order chi connectivity index (χ1) is 24.2. The van der Waals surface area contributed by atoms with Crippen LogP contribution in [0.1, 0.15) is 71.0 Å². The Morgan fingerprint density at radius 1 is 0.960 bits per heavy atom. The van der Waals surface area contributed by atoms with Gasteiger partial charge in [-0.15, -0.1) is 0 Å². The van der Waals surface area contributed by atoms with Crippen LogP contribution < -0.4 is 15.5 Å². The second-order valence-electron chi connectivity index (χ2n) is 14.1. The fourth-order valence-corrected chi connectivity index (χ4v) is 7.74. The van der Waals surface area contributed by atoms with Crippen molar-refractivity contribution in [3.8, 4) is 11.3 Å². The molecule has 5 heterocycles. The Balaban J connectivity index is 0.834. The lowest BCUT2D eigenvalue weighted by atomic mass is 9.77. The molecule has 0 bridgehead atoms. The van der Waals surface area contributed by atoms with E-state index in [1.165, 1.54) is 0 Å². The standard InChI is InChI=1S/C37H41N9O4/c1-22-28(30-20-39-34-29(40-30)6-3-7-31(34)44-15-13-43(2)14-16-44)21-45(42-22)25-17-23(18-25)5-4-12-38-24-8-9-26-27(19-24)37(50)46(36(26)49)32-10-11-33(47)41-35(32)48/h3,6-9,19-21,23,25,32,38H,4-5,10-18H2,1-2H3,(H,41,47,48). The molecule has 2 N–H and O–H groups in total. The number of piperidine rings is 1. The third-order valence-electron chi connectivity index (χ3n) is 10.7. The zero-order valence-corrected chi connectivity index (χ0v) is 28.4. The molecule has 3 fully saturated rings. The van der Waals surface area contributed by atoms with Crippen molar-refractivity contribution in [2.75, 3.05) is 50.0 Å². The van der Waals surface area contributed by atoms with E-state index in [4.69, 9.17) is 15.1 Å². The predicted octanol–water partition coefficient (Wildman–Crippen LogP) is 3.80. The van der Waals surface area contributed by atoms with Crippen LogP contribution in [0.5, 0.6) is 0 Å². The summed E-state index contributed by atoms with van der Waals surface area (Å²) >= 11 is 0. The zero-order chi connectivity index (χ0) is 34.5. The first kappa shape index (κ1) is 32.1. The van der Waals surface area contributed by atoms with Gasteiger partial charge in [-0.05, 0) is 82.3 Å². The van der Waals surface area contributed by atoms with Crippen LogP contribution >= 0.6 is 0 Å². The molecule has 1 aliphatic carbocycles. The Kier molecular flexibility index (Phi) is 8.30. The van der Waals surface area contributed by atoms with Crippen molar-refractivity contribution < 1.29 is 19.2 Å². The number of hydrogen-bond acceptors (Lipinski definition) is 10. The summed E-state index contributed by atoms with van der Waals surface area (Å²) in [6, 6.07) is 10.8. The van der Waals surface area contributed by atoms with Gasteiger partial charge in [-0.3, -0.25) is 39.1 Å². The Labute approximate surface area is 290 Å². The second kappa shape index (κ2) is 12.9. The van der Waals surface area contributed by atoms with E-state index in [2.05, 4.69) is 50.5 Å². The summed E-state index contributed by atoms with van der Waals surface area (Å²) in [5, 5.41) is 10.5. The highest BCUT2D eigenvalue weighted by atomic mass is 16.2. The number of aryl methyl sites for hydroxylation is 1. The number of likely N-dealkylation sites (N-methyl/N-ethyl adjacent to an activating group) is 1. The van der Waals surface area contributed by atoms with Gasteiger partial charge in [0.05, 0.1) is 46.0 Å². The molecule has 4 aromatic rings. The number of hydrogen-bond donors (Lipinski definition) is 2. The maximum absolute atomic E-state index is 13.1. The van der Waals surface area contributed by atoms with Crippen molar-refractivity contribution in [2.45, 2.75) is 57.5 Å². The van der Waals surface area contributed by atoms with Crippen molar-refractivity contribution in [3.63, 3.8) is 0 Å². The molecule has 4 aliphatic rings. The van der Waals surface area contributed by atoms with E-state index >= 15 is 0 Å². The smallest absolute Gasteiger partial charge is 0.262 e. The average molecular weight is 676 g/mol. The topological polar surface area (TPSA) is 146 Å². The van der Waals surface area contributed by atoms with Crippen molar-refractivity contribution in [1.82, 2.24) is 34.9 Å². The minimum absolute atomic E-state index is 0.0971. The van der Waals surface area contributed by atoms with Crippen LogP contribution in [-0.4, -0.2) is 99.0 Å². The molecule has 8 rings (SSSR count). The number of carbonyl (C=O) groups is 4. The Morgan fingerprint density at radius 2 is 1.76 bits per heavy atom. The highest BCUT2D eigenvalue weighted by molar-refractivity contribution is 6.23.